The number of hydrogen-bond donors (Lipinski definition) is 1. The van der Waals surface area contributed by atoms with Gasteiger partial charge in [0.15, 0.2) is 0 Å². The molecule has 0 atom stereocenters. The Labute approximate surface area is 67.6 Å². The van der Waals surface area contributed by atoms with Gasteiger partial charge in [0, 0.05) is 6.54 Å². The zero-order valence-corrected chi connectivity index (χ0v) is 7.33. The second-order valence-electron chi connectivity index (χ2n) is 1.87. The van der Waals surface area contributed by atoms with Crippen molar-refractivity contribution < 1.29 is 0 Å². The van der Waals surface area contributed by atoms with Gasteiger partial charge in [-0.3, -0.25) is 0 Å². The quantitative estimate of drug-likeness (QED) is 0.661. The third-order valence-electron chi connectivity index (χ3n) is 1.06. The fourth-order valence-electron chi connectivity index (χ4n) is 0.535. The number of aryl methyl sites for hydroxylation is 1. The second-order valence-corrected chi connectivity index (χ2v) is 1.87. The van der Waals surface area contributed by atoms with Gasteiger partial charge in [-0.25, -0.2) is 0 Å². The topological polar surface area (TPSA) is 51.8 Å². The second kappa shape index (κ2) is 5.80. The van der Waals surface area contributed by atoms with E-state index < -0.39 is 0 Å². The van der Waals surface area contributed by atoms with Gasteiger partial charge in [-0.1, -0.05) is 13.8 Å². The Morgan fingerprint density at radius 3 is 2.27 bits per heavy atom. The summed E-state index contributed by atoms with van der Waals surface area (Å²) in [5.41, 5.74) is 7.05. The summed E-state index contributed by atoms with van der Waals surface area (Å²) in [6, 6.07) is 3.78. The number of rotatable bonds is 1. The van der Waals surface area contributed by atoms with Crippen LogP contribution in [0.5, 0.6) is 0 Å². The van der Waals surface area contributed by atoms with Crippen LogP contribution in [0.25, 0.3) is 0 Å². The van der Waals surface area contributed by atoms with Gasteiger partial charge in [0.1, 0.15) is 0 Å². The summed E-state index contributed by atoms with van der Waals surface area (Å²) in [6.45, 7) is 6.36. The van der Waals surface area contributed by atoms with Crippen LogP contribution in [0.1, 0.15) is 25.2 Å². The van der Waals surface area contributed by atoms with E-state index in [9.17, 15) is 0 Å². The minimum absolute atomic E-state index is 0.466. The summed E-state index contributed by atoms with van der Waals surface area (Å²) in [5.74, 6) is 0. The Morgan fingerprint density at radius 2 is 1.91 bits per heavy atom. The molecule has 0 spiro atoms. The Morgan fingerprint density at radius 1 is 1.27 bits per heavy atom. The predicted octanol–water partition coefficient (Wildman–Crippen LogP) is 1.27. The Kier molecular flexibility index (Phi) is 5.29. The van der Waals surface area contributed by atoms with Gasteiger partial charge >= 0.3 is 0 Å². The lowest BCUT2D eigenvalue weighted by Crippen LogP contribution is -2.00. The van der Waals surface area contributed by atoms with Gasteiger partial charge < -0.3 is 5.73 Å². The van der Waals surface area contributed by atoms with E-state index in [0.29, 0.717) is 6.54 Å². The lowest BCUT2D eigenvalue weighted by molar-refractivity contribution is 0.876. The molecule has 62 valence electrons. The maximum Gasteiger partial charge on any atom is 0.0767 e. The number of hydrogen-bond acceptors (Lipinski definition) is 3. The van der Waals surface area contributed by atoms with E-state index in [0.717, 1.165) is 11.4 Å². The highest BCUT2D eigenvalue weighted by atomic mass is 15.1. The monoisotopic (exact) mass is 153 g/mol. The average Bonchev–Trinajstić information content (AvgIpc) is 2.10. The molecule has 0 saturated heterocycles. The molecular weight excluding hydrogens is 138 g/mol. The minimum Gasteiger partial charge on any atom is -0.325 e. The first-order chi connectivity index (χ1) is 5.33. The molecule has 0 amide bonds. The maximum absolute atomic E-state index is 5.30. The normalized spacial score (nSPS) is 8.36. The van der Waals surface area contributed by atoms with Crippen LogP contribution in [0.3, 0.4) is 0 Å². The summed E-state index contributed by atoms with van der Waals surface area (Å²) in [6.07, 6.45) is 0. The molecule has 1 aromatic rings. The van der Waals surface area contributed by atoms with E-state index in [2.05, 4.69) is 10.2 Å². The number of aromatic nitrogens is 2. The van der Waals surface area contributed by atoms with E-state index in [1.165, 1.54) is 0 Å². The minimum atomic E-state index is 0.466. The molecule has 0 aliphatic heterocycles. The molecule has 1 heterocycles. The Balaban J connectivity index is 0.000000461. The molecular formula is C8H15N3. The molecule has 0 saturated carbocycles. The van der Waals surface area contributed by atoms with E-state index >= 15 is 0 Å². The summed E-state index contributed by atoms with van der Waals surface area (Å²) in [7, 11) is 0. The molecule has 0 bridgehead atoms. The molecule has 1 rings (SSSR count). The van der Waals surface area contributed by atoms with Crippen molar-refractivity contribution in [3.05, 3.63) is 23.5 Å². The highest BCUT2D eigenvalue weighted by Gasteiger charge is 1.88. The van der Waals surface area contributed by atoms with Gasteiger partial charge in [0.25, 0.3) is 0 Å². The zero-order valence-electron chi connectivity index (χ0n) is 7.33. The smallest absolute Gasteiger partial charge is 0.0767 e. The van der Waals surface area contributed by atoms with Crippen LogP contribution in [0.4, 0.5) is 0 Å². The van der Waals surface area contributed by atoms with Crippen molar-refractivity contribution in [2.24, 2.45) is 5.73 Å². The summed E-state index contributed by atoms with van der Waals surface area (Å²) >= 11 is 0. The van der Waals surface area contributed by atoms with Crippen molar-refractivity contribution in [3.8, 4) is 0 Å². The lowest BCUT2D eigenvalue weighted by atomic mass is 10.3. The van der Waals surface area contributed by atoms with Crippen LogP contribution < -0.4 is 5.73 Å². The SMILES string of the molecule is CC.Cc1ccc(CN)nn1. The van der Waals surface area contributed by atoms with Crippen molar-refractivity contribution in [1.82, 2.24) is 10.2 Å². The highest BCUT2D eigenvalue weighted by molar-refractivity contribution is 5.04. The van der Waals surface area contributed by atoms with Crippen molar-refractivity contribution in [2.45, 2.75) is 27.3 Å². The van der Waals surface area contributed by atoms with Crippen molar-refractivity contribution in [1.29, 1.82) is 0 Å². The van der Waals surface area contributed by atoms with Crippen LogP contribution in [0.2, 0.25) is 0 Å². The first-order valence-electron chi connectivity index (χ1n) is 3.82. The molecule has 1 aromatic heterocycles. The molecule has 0 aliphatic carbocycles. The number of nitrogens with two attached hydrogens (primary N) is 1. The van der Waals surface area contributed by atoms with Crippen molar-refractivity contribution in [2.75, 3.05) is 0 Å². The maximum atomic E-state index is 5.30. The van der Waals surface area contributed by atoms with Crippen molar-refractivity contribution in [3.63, 3.8) is 0 Å². The molecule has 0 aromatic carbocycles. The predicted molar refractivity (Wildman–Crippen MR) is 46.0 cm³/mol. The zero-order chi connectivity index (χ0) is 8.69. The van der Waals surface area contributed by atoms with Crippen LogP contribution in [0.15, 0.2) is 12.1 Å². The largest absolute Gasteiger partial charge is 0.325 e. The van der Waals surface area contributed by atoms with Gasteiger partial charge in [-0.05, 0) is 19.1 Å². The molecule has 0 unspecified atom stereocenters. The van der Waals surface area contributed by atoms with Gasteiger partial charge in [0.05, 0.1) is 11.4 Å². The average molecular weight is 153 g/mol. The van der Waals surface area contributed by atoms with E-state index in [1.807, 2.05) is 32.9 Å². The van der Waals surface area contributed by atoms with Crippen LogP contribution in [-0.2, 0) is 6.54 Å². The summed E-state index contributed by atoms with van der Waals surface area (Å²) in [4.78, 5) is 0. The molecule has 0 radical (unpaired) electrons. The molecule has 3 nitrogen and oxygen atoms in total. The summed E-state index contributed by atoms with van der Waals surface area (Å²) in [5, 5.41) is 7.64. The fourth-order valence-corrected chi connectivity index (χ4v) is 0.535. The first kappa shape index (κ1) is 10.0. The van der Waals surface area contributed by atoms with Crippen molar-refractivity contribution >= 4 is 0 Å². The van der Waals surface area contributed by atoms with Crippen LogP contribution in [-0.4, -0.2) is 10.2 Å². The number of nitrogens with zero attached hydrogens (tertiary/aromatic N) is 2. The lowest BCUT2D eigenvalue weighted by Gasteiger charge is -1.92. The molecule has 3 heteroatoms. The van der Waals surface area contributed by atoms with E-state index in [-0.39, 0.29) is 0 Å². The molecule has 0 fully saturated rings. The van der Waals surface area contributed by atoms with Gasteiger partial charge in [-0.2, -0.15) is 10.2 Å². The fraction of sp³-hybridized carbons (Fsp3) is 0.500. The molecule has 11 heavy (non-hydrogen) atoms. The van der Waals surface area contributed by atoms with Gasteiger partial charge in [0.2, 0.25) is 0 Å². The van der Waals surface area contributed by atoms with Crippen LogP contribution >= 0.6 is 0 Å². The van der Waals surface area contributed by atoms with E-state index in [1.54, 1.807) is 0 Å². The van der Waals surface area contributed by atoms with Crippen LogP contribution in [0, 0.1) is 6.92 Å². The van der Waals surface area contributed by atoms with Gasteiger partial charge in [-0.15, -0.1) is 0 Å². The molecule has 0 aliphatic rings. The Hall–Kier alpha value is -0.960. The van der Waals surface area contributed by atoms with E-state index in [4.69, 9.17) is 5.73 Å². The molecule has 2 N–H and O–H groups in total. The third-order valence-corrected chi connectivity index (χ3v) is 1.06. The standard InChI is InChI=1S/C6H9N3.C2H6/c1-5-2-3-6(4-7)9-8-5;1-2/h2-3H,4,7H2,1H3;1-2H3. The third kappa shape index (κ3) is 3.68. The Bertz CT molecular complexity index is 181. The first-order valence-corrected chi connectivity index (χ1v) is 3.82. The summed E-state index contributed by atoms with van der Waals surface area (Å²) < 4.78 is 0. The highest BCUT2D eigenvalue weighted by Crippen LogP contribution is 1.91.